The molecule has 0 saturated carbocycles. The molecule has 1 atom stereocenters. The van der Waals surface area contributed by atoms with E-state index >= 15 is 0 Å². The van der Waals surface area contributed by atoms with Gasteiger partial charge in [0, 0.05) is 35.1 Å². The molecule has 3 amide bonds. The highest BCUT2D eigenvalue weighted by atomic mass is 16.2. The second kappa shape index (κ2) is 12.2. The number of anilines is 2. The Hall–Kier alpha value is -4.13. The zero-order valence-corrected chi connectivity index (χ0v) is 19.4. The summed E-state index contributed by atoms with van der Waals surface area (Å²) in [6.07, 6.45) is 0.850. The van der Waals surface area contributed by atoms with Crippen LogP contribution < -0.4 is 21.3 Å². The van der Waals surface area contributed by atoms with Crippen LogP contribution in [0.3, 0.4) is 0 Å². The SMILES string of the molecule is CCC(C)NC(=O)c1cccc(NCC(=O)Nc2ccc(C(=O)NCc3ccccc3)cc2)c1. The molecule has 0 aliphatic rings. The molecule has 34 heavy (non-hydrogen) atoms. The number of hydrogen-bond acceptors (Lipinski definition) is 4. The number of amides is 3. The number of carbonyl (C=O) groups excluding carboxylic acids is 3. The van der Waals surface area contributed by atoms with Crippen LogP contribution in [0.1, 0.15) is 46.5 Å². The van der Waals surface area contributed by atoms with Crippen molar-refractivity contribution >= 4 is 29.1 Å². The minimum absolute atomic E-state index is 0.0374. The maximum atomic E-state index is 12.3. The Bertz CT molecular complexity index is 1110. The predicted molar refractivity (Wildman–Crippen MR) is 135 cm³/mol. The summed E-state index contributed by atoms with van der Waals surface area (Å²) in [5.41, 5.74) is 3.34. The summed E-state index contributed by atoms with van der Waals surface area (Å²) in [5.74, 6) is -0.563. The summed E-state index contributed by atoms with van der Waals surface area (Å²) >= 11 is 0. The van der Waals surface area contributed by atoms with Gasteiger partial charge in [0.05, 0.1) is 6.54 Å². The number of hydrogen-bond donors (Lipinski definition) is 4. The molecular formula is C27H30N4O3. The monoisotopic (exact) mass is 458 g/mol. The molecule has 0 heterocycles. The van der Waals surface area contributed by atoms with Crippen molar-refractivity contribution in [3.8, 4) is 0 Å². The molecule has 7 nitrogen and oxygen atoms in total. The van der Waals surface area contributed by atoms with E-state index in [-0.39, 0.29) is 30.3 Å². The zero-order chi connectivity index (χ0) is 24.3. The van der Waals surface area contributed by atoms with Crippen molar-refractivity contribution in [2.24, 2.45) is 0 Å². The number of carbonyl (C=O) groups is 3. The van der Waals surface area contributed by atoms with Crippen LogP contribution in [0.5, 0.6) is 0 Å². The average molecular weight is 459 g/mol. The fraction of sp³-hybridized carbons (Fsp3) is 0.222. The van der Waals surface area contributed by atoms with Crippen LogP contribution in [0.2, 0.25) is 0 Å². The van der Waals surface area contributed by atoms with Crippen LogP contribution in [0.25, 0.3) is 0 Å². The summed E-state index contributed by atoms with van der Waals surface area (Å²) in [7, 11) is 0. The van der Waals surface area contributed by atoms with Crippen LogP contribution >= 0.6 is 0 Å². The minimum Gasteiger partial charge on any atom is -0.376 e. The lowest BCUT2D eigenvalue weighted by atomic mass is 10.1. The second-order valence-corrected chi connectivity index (χ2v) is 8.01. The van der Waals surface area contributed by atoms with E-state index in [9.17, 15) is 14.4 Å². The van der Waals surface area contributed by atoms with Gasteiger partial charge in [-0.15, -0.1) is 0 Å². The second-order valence-electron chi connectivity index (χ2n) is 8.01. The van der Waals surface area contributed by atoms with E-state index in [0.717, 1.165) is 12.0 Å². The minimum atomic E-state index is -0.240. The van der Waals surface area contributed by atoms with Crippen molar-refractivity contribution in [3.05, 3.63) is 95.6 Å². The van der Waals surface area contributed by atoms with Gasteiger partial charge in [0.25, 0.3) is 11.8 Å². The highest BCUT2D eigenvalue weighted by Gasteiger charge is 2.10. The Morgan fingerprint density at radius 2 is 1.53 bits per heavy atom. The van der Waals surface area contributed by atoms with Crippen molar-refractivity contribution in [1.82, 2.24) is 10.6 Å². The van der Waals surface area contributed by atoms with Gasteiger partial charge in [0.15, 0.2) is 0 Å². The normalized spacial score (nSPS) is 11.2. The molecule has 3 aromatic carbocycles. The van der Waals surface area contributed by atoms with Crippen LogP contribution in [-0.2, 0) is 11.3 Å². The van der Waals surface area contributed by atoms with Gasteiger partial charge in [0.2, 0.25) is 5.91 Å². The standard InChI is InChI=1S/C27H30N4O3/c1-3-19(2)30-27(34)22-10-7-11-24(16-22)28-18-25(32)31-23-14-12-21(13-15-23)26(33)29-17-20-8-5-4-6-9-20/h4-16,19,28H,3,17-18H2,1-2H3,(H,29,33)(H,30,34)(H,31,32). The quantitative estimate of drug-likeness (QED) is 0.366. The summed E-state index contributed by atoms with van der Waals surface area (Å²) in [6, 6.07) is 23.5. The summed E-state index contributed by atoms with van der Waals surface area (Å²) in [6.45, 7) is 4.45. The molecule has 1 unspecified atom stereocenters. The molecule has 0 spiro atoms. The first-order chi connectivity index (χ1) is 16.4. The lowest BCUT2D eigenvalue weighted by Gasteiger charge is -2.13. The van der Waals surface area contributed by atoms with Gasteiger partial charge in [-0.3, -0.25) is 14.4 Å². The van der Waals surface area contributed by atoms with Crippen molar-refractivity contribution in [1.29, 1.82) is 0 Å². The summed E-state index contributed by atoms with van der Waals surface area (Å²) < 4.78 is 0. The molecule has 0 aliphatic carbocycles. The van der Waals surface area contributed by atoms with Gasteiger partial charge in [-0.1, -0.05) is 43.3 Å². The van der Waals surface area contributed by atoms with Gasteiger partial charge in [-0.05, 0) is 61.4 Å². The van der Waals surface area contributed by atoms with E-state index in [1.165, 1.54) is 0 Å². The average Bonchev–Trinajstić information content (AvgIpc) is 2.87. The fourth-order valence-electron chi connectivity index (χ4n) is 3.15. The van der Waals surface area contributed by atoms with E-state index in [4.69, 9.17) is 0 Å². The van der Waals surface area contributed by atoms with Crippen LogP contribution in [-0.4, -0.2) is 30.3 Å². The molecule has 4 N–H and O–H groups in total. The Morgan fingerprint density at radius 3 is 2.24 bits per heavy atom. The maximum Gasteiger partial charge on any atom is 0.251 e. The molecule has 0 aliphatic heterocycles. The van der Waals surface area contributed by atoms with Crippen LogP contribution in [0.4, 0.5) is 11.4 Å². The molecule has 7 heteroatoms. The van der Waals surface area contributed by atoms with Gasteiger partial charge in [-0.25, -0.2) is 0 Å². The molecule has 0 radical (unpaired) electrons. The number of rotatable bonds is 10. The third-order valence-corrected chi connectivity index (χ3v) is 5.29. The van der Waals surface area contributed by atoms with Crippen molar-refractivity contribution in [3.63, 3.8) is 0 Å². The molecule has 176 valence electrons. The topological polar surface area (TPSA) is 99.3 Å². The highest BCUT2D eigenvalue weighted by Crippen LogP contribution is 2.12. The predicted octanol–water partition coefficient (Wildman–Crippen LogP) is 4.20. The molecule has 0 aromatic heterocycles. The summed E-state index contributed by atoms with van der Waals surface area (Å²) in [4.78, 5) is 36.9. The van der Waals surface area contributed by atoms with Crippen LogP contribution in [0.15, 0.2) is 78.9 Å². The molecule has 0 bridgehead atoms. The largest absolute Gasteiger partial charge is 0.376 e. The highest BCUT2D eigenvalue weighted by molar-refractivity contribution is 5.97. The molecule has 3 aromatic rings. The van der Waals surface area contributed by atoms with E-state index < -0.39 is 0 Å². The summed E-state index contributed by atoms with van der Waals surface area (Å²) in [5, 5.41) is 11.6. The molecule has 0 saturated heterocycles. The van der Waals surface area contributed by atoms with Crippen molar-refractivity contribution in [2.45, 2.75) is 32.9 Å². The van der Waals surface area contributed by atoms with E-state index in [1.54, 1.807) is 48.5 Å². The Morgan fingerprint density at radius 1 is 0.794 bits per heavy atom. The van der Waals surface area contributed by atoms with E-state index in [0.29, 0.717) is 29.0 Å². The van der Waals surface area contributed by atoms with Crippen molar-refractivity contribution in [2.75, 3.05) is 17.2 Å². The third-order valence-electron chi connectivity index (χ3n) is 5.29. The maximum absolute atomic E-state index is 12.3. The molecule has 0 fully saturated rings. The van der Waals surface area contributed by atoms with Gasteiger partial charge < -0.3 is 21.3 Å². The Kier molecular flexibility index (Phi) is 8.80. The lowest BCUT2D eigenvalue weighted by molar-refractivity contribution is -0.114. The third kappa shape index (κ3) is 7.48. The first kappa shape index (κ1) is 24.5. The van der Waals surface area contributed by atoms with Crippen molar-refractivity contribution < 1.29 is 14.4 Å². The van der Waals surface area contributed by atoms with E-state index in [1.807, 2.05) is 44.2 Å². The number of nitrogens with one attached hydrogen (secondary N) is 4. The first-order valence-corrected chi connectivity index (χ1v) is 11.3. The molecular weight excluding hydrogens is 428 g/mol. The van der Waals surface area contributed by atoms with E-state index in [2.05, 4.69) is 21.3 Å². The Labute approximate surface area is 200 Å². The molecule has 3 rings (SSSR count). The first-order valence-electron chi connectivity index (χ1n) is 11.3. The van der Waals surface area contributed by atoms with Gasteiger partial charge >= 0.3 is 0 Å². The zero-order valence-electron chi connectivity index (χ0n) is 19.4. The smallest absolute Gasteiger partial charge is 0.251 e. The van der Waals surface area contributed by atoms with Gasteiger partial charge in [-0.2, -0.15) is 0 Å². The number of benzene rings is 3. The van der Waals surface area contributed by atoms with Crippen LogP contribution in [0, 0.1) is 0 Å². The fourth-order valence-corrected chi connectivity index (χ4v) is 3.15. The Balaban J connectivity index is 1.47. The lowest BCUT2D eigenvalue weighted by Crippen LogP contribution is -2.31. The van der Waals surface area contributed by atoms with Gasteiger partial charge in [0.1, 0.15) is 0 Å².